The molecule has 0 atom stereocenters. The number of nitrogens with one attached hydrogen (secondary N) is 1. The van der Waals surface area contributed by atoms with Crippen molar-refractivity contribution < 1.29 is 17.6 Å². The van der Waals surface area contributed by atoms with Gasteiger partial charge in [-0.05, 0) is 49.4 Å². The third-order valence-corrected chi connectivity index (χ3v) is 5.06. The van der Waals surface area contributed by atoms with Gasteiger partial charge in [-0.2, -0.15) is 0 Å². The second-order valence-corrected chi connectivity index (χ2v) is 6.99. The fourth-order valence-electron chi connectivity index (χ4n) is 2.32. The minimum absolute atomic E-state index is 0.172. The summed E-state index contributed by atoms with van der Waals surface area (Å²) in [6, 6.07) is 8.97. The first-order valence-electron chi connectivity index (χ1n) is 7.04. The van der Waals surface area contributed by atoms with E-state index in [-0.39, 0.29) is 10.5 Å². The summed E-state index contributed by atoms with van der Waals surface area (Å²) in [5, 5.41) is 0. The van der Waals surface area contributed by atoms with E-state index >= 15 is 0 Å². The quantitative estimate of drug-likeness (QED) is 0.787. The van der Waals surface area contributed by atoms with Crippen molar-refractivity contribution in [2.24, 2.45) is 7.05 Å². The first-order chi connectivity index (χ1) is 11.3. The highest BCUT2D eigenvalue weighted by molar-refractivity contribution is 7.90. The Kier molecular flexibility index (Phi) is 3.84. The zero-order chi connectivity index (χ0) is 17.5. The van der Waals surface area contributed by atoms with Gasteiger partial charge in [0, 0.05) is 12.6 Å². The summed E-state index contributed by atoms with van der Waals surface area (Å²) in [6.07, 6.45) is 0. The van der Waals surface area contributed by atoms with Gasteiger partial charge in [0.15, 0.2) is 0 Å². The van der Waals surface area contributed by atoms with Crippen molar-refractivity contribution in [1.82, 2.24) is 14.3 Å². The van der Waals surface area contributed by atoms with Gasteiger partial charge in [0.05, 0.1) is 15.9 Å². The zero-order valence-corrected chi connectivity index (χ0v) is 13.8. The van der Waals surface area contributed by atoms with Crippen molar-refractivity contribution in [3.8, 4) is 0 Å². The Bertz CT molecular complexity index is 1040. The average molecular weight is 347 g/mol. The van der Waals surface area contributed by atoms with Gasteiger partial charge in [-0.25, -0.2) is 22.5 Å². The maximum absolute atomic E-state index is 12.9. The molecule has 1 amide bonds. The molecule has 3 rings (SSSR count). The summed E-state index contributed by atoms with van der Waals surface area (Å²) >= 11 is 0. The molecule has 0 spiro atoms. The normalized spacial score (nSPS) is 11.6. The summed E-state index contributed by atoms with van der Waals surface area (Å²) in [6.45, 7) is 1.83. The lowest BCUT2D eigenvalue weighted by Crippen LogP contribution is -2.30. The summed E-state index contributed by atoms with van der Waals surface area (Å²) in [5.41, 5.74) is 1.61. The number of carbonyl (C=O) groups excluding carboxylic acids is 1. The van der Waals surface area contributed by atoms with Crippen LogP contribution in [0.5, 0.6) is 0 Å². The molecule has 0 unspecified atom stereocenters. The third kappa shape index (κ3) is 2.88. The average Bonchev–Trinajstić information content (AvgIpc) is 2.81. The molecule has 0 saturated heterocycles. The van der Waals surface area contributed by atoms with Crippen molar-refractivity contribution in [3.63, 3.8) is 0 Å². The Hall–Kier alpha value is -2.74. The van der Waals surface area contributed by atoms with Gasteiger partial charge in [0.25, 0.3) is 15.9 Å². The van der Waals surface area contributed by atoms with E-state index in [0.717, 1.165) is 35.6 Å². The highest BCUT2D eigenvalue weighted by atomic mass is 32.2. The van der Waals surface area contributed by atoms with Crippen molar-refractivity contribution in [2.75, 3.05) is 0 Å². The van der Waals surface area contributed by atoms with Crippen molar-refractivity contribution >= 4 is 27.0 Å². The monoisotopic (exact) mass is 347 g/mol. The number of benzene rings is 2. The summed E-state index contributed by atoms with van der Waals surface area (Å²) in [4.78, 5) is 16.4. The molecule has 124 valence electrons. The molecule has 0 saturated carbocycles. The van der Waals surface area contributed by atoms with Gasteiger partial charge in [-0.1, -0.05) is 0 Å². The number of amides is 1. The maximum atomic E-state index is 12.9. The third-order valence-electron chi connectivity index (χ3n) is 3.72. The molecule has 0 aliphatic rings. The van der Waals surface area contributed by atoms with Crippen LogP contribution in [0.1, 0.15) is 16.2 Å². The number of carbonyl (C=O) groups is 1. The lowest BCUT2D eigenvalue weighted by Gasteiger charge is -2.07. The molecular formula is C16H14FN3O3S. The maximum Gasteiger partial charge on any atom is 0.265 e. The number of rotatable bonds is 3. The Labute approximate surface area is 138 Å². The van der Waals surface area contributed by atoms with E-state index in [4.69, 9.17) is 0 Å². The van der Waals surface area contributed by atoms with E-state index < -0.39 is 21.7 Å². The minimum atomic E-state index is -4.07. The smallest absolute Gasteiger partial charge is 0.265 e. The SMILES string of the molecule is Cc1nc2cc(C(=O)NS(=O)(=O)c3ccc(F)cc3)ccc2n1C. The van der Waals surface area contributed by atoms with Crippen LogP contribution in [0.15, 0.2) is 47.4 Å². The zero-order valence-electron chi connectivity index (χ0n) is 12.9. The molecule has 0 aliphatic heterocycles. The Morgan fingerprint density at radius 2 is 1.83 bits per heavy atom. The van der Waals surface area contributed by atoms with Crippen LogP contribution >= 0.6 is 0 Å². The molecule has 8 heteroatoms. The molecule has 0 radical (unpaired) electrons. The predicted octanol–water partition coefficient (Wildman–Crippen LogP) is 2.14. The van der Waals surface area contributed by atoms with Crippen LogP contribution < -0.4 is 4.72 Å². The number of hydrogen-bond donors (Lipinski definition) is 1. The second kappa shape index (κ2) is 5.72. The summed E-state index contributed by atoms with van der Waals surface area (Å²) in [5.74, 6) is -0.553. The lowest BCUT2D eigenvalue weighted by molar-refractivity contribution is 0.0981. The molecule has 0 bridgehead atoms. The fourth-order valence-corrected chi connectivity index (χ4v) is 3.29. The van der Waals surface area contributed by atoms with Gasteiger partial charge in [0.2, 0.25) is 0 Å². The molecule has 6 nitrogen and oxygen atoms in total. The Morgan fingerprint density at radius 3 is 2.50 bits per heavy atom. The van der Waals surface area contributed by atoms with Crippen LogP contribution in [0, 0.1) is 12.7 Å². The molecule has 1 aromatic heterocycles. The van der Waals surface area contributed by atoms with Crippen LogP contribution in [0.4, 0.5) is 4.39 Å². The predicted molar refractivity (Wildman–Crippen MR) is 86.5 cm³/mol. The highest BCUT2D eigenvalue weighted by Crippen LogP contribution is 2.17. The fraction of sp³-hybridized carbons (Fsp3) is 0.125. The van der Waals surface area contributed by atoms with Crippen LogP contribution in [0.2, 0.25) is 0 Å². The van der Waals surface area contributed by atoms with Crippen LogP contribution in [0.3, 0.4) is 0 Å². The van der Waals surface area contributed by atoms with Crippen LogP contribution in [-0.4, -0.2) is 23.9 Å². The molecule has 2 aromatic carbocycles. The van der Waals surface area contributed by atoms with E-state index in [1.807, 2.05) is 23.3 Å². The number of sulfonamides is 1. The number of aromatic nitrogens is 2. The number of nitrogens with zero attached hydrogens (tertiary/aromatic N) is 2. The van der Waals surface area contributed by atoms with Crippen LogP contribution in [0.25, 0.3) is 11.0 Å². The van der Waals surface area contributed by atoms with Crippen LogP contribution in [-0.2, 0) is 17.1 Å². The summed E-state index contributed by atoms with van der Waals surface area (Å²) in [7, 11) is -2.22. The first kappa shape index (κ1) is 16.1. The van der Waals surface area contributed by atoms with Gasteiger partial charge >= 0.3 is 0 Å². The van der Waals surface area contributed by atoms with E-state index in [9.17, 15) is 17.6 Å². The molecular weight excluding hydrogens is 333 g/mol. The molecule has 24 heavy (non-hydrogen) atoms. The minimum Gasteiger partial charge on any atom is -0.331 e. The highest BCUT2D eigenvalue weighted by Gasteiger charge is 2.19. The Balaban J connectivity index is 1.90. The molecule has 0 fully saturated rings. The Morgan fingerprint density at radius 1 is 1.17 bits per heavy atom. The largest absolute Gasteiger partial charge is 0.331 e. The summed E-state index contributed by atoms with van der Waals surface area (Å²) < 4.78 is 41.1. The molecule has 3 aromatic rings. The lowest BCUT2D eigenvalue weighted by atomic mass is 10.2. The molecule has 1 heterocycles. The van der Waals surface area contributed by atoms with E-state index in [1.165, 1.54) is 12.1 Å². The number of aryl methyl sites for hydroxylation is 2. The van der Waals surface area contributed by atoms with Gasteiger partial charge in [-0.15, -0.1) is 0 Å². The first-order valence-corrected chi connectivity index (χ1v) is 8.52. The van der Waals surface area contributed by atoms with Crippen molar-refractivity contribution in [1.29, 1.82) is 0 Å². The number of hydrogen-bond acceptors (Lipinski definition) is 4. The standard InChI is InChI=1S/C16H14FN3O3S/c1-10-18-14-9-11(3-8-15(14)20(10)2)16(21)19-24(22,23)13-6-4-12(17)5-7-13/h3-9H,1-2H3,(H,19,21). The number of halogens is 1. The van der Waals surface area contributed by atoms with Gasteiger partial charge in [-0.3, -0.25) is 4.79 Å². The van der Waals surface area contributed by atoms with Crippen molar-refractivity contribution in [2.45, 2.75) is 11.8 Å². The number of imidazole rings is 1. The van der Waals surface area contributed by atoms with E-state index in [1.54, 1.807) is 6.07 Å². The topological polar surface area (TPSA) is 81.1 Å². The van der Waals surface area contributed by atoms with Crippen molar-refractivity contribution in [3.05, 3.63) is 59.7 Å². The van der Waals surface area contributed by atoms with E-state index in [2.05, 4.69) is 4.98 Å². The van der Waals surface area contributed by atoms with Gasteiger partial charge in [0.1, 0.15) is 11.6 Å². The molecule has 1 N–H and O–H groups in total. The number of fused-ring (bicyclic) bond motifs is 1. The van der Waals surface area contributed by atoms with Gasteiger partial charge < -0.3 is 4.57 Å². The second-order valence-electron chi connectivity index (χ2n) is 5.31. The molecule has 0 aliphatic carbocycles. The van der Waals surface area contributed by atoms with E-state index in [0.29, 0.717) is 5.52 Å².